The van der Waals surface area contributed by atoms with Crippen LogP contribution < -0.4 is 0 Å². The van der Waals surface area contributed by atoms with Crippen LogP contribution in [0.3, 0.4) is 0 Å². The summed E-state index contributed by atoms with van der Waals surface area (Å²) in [5, 5.41) is 0. The van der Waals surface area contributed by atoms with Crippen LogP contribution >= 0.6 is 0 Å². The molecule has 0 aliphatic rings. The van der Waals surface area contributed by atoms with E-state index in [1.165, 1.54) is 13.3 Å². The first-order valence-electron chi connectivity index (χ1n) is 3.86. The number of aromatic nitrogens is 1. The Labute approximate surface area is 77.1 Å². The Morgan fingerprint density at radius 1 is 1.69 bits per heavy atom. The van der Waals surface area contributed by atoms with Crippen molar-refractivity contribution >= 4 is 12.0 Å². The van der Waals surface area contributed by atoms with Gasteiger partial charge in [0.25, 0.3) is 0 Å². The molecule has 0 radical (unpaired) electrons. The molecule has 3 heteroatoms. The number of carbonyl (C=O) groups excluding carboxylic acids is 1. The van der Waals surface area contributed by atoms with E-state index < -0.39 is 0 Å². The number of carbonyl (C=O) groups is 1. The van der Waals surface area contributed by atoms with Crippen LogP contribution in [0.1, 0.15) is 21.6 Å². The van der Waals surface area contributed by atoms with Gasteiger partial charge in [0.15, 0.2) is 0 Å². The second kappa shape index (κ2) is 3.85. The van der Waals surface area contributed by atoms with Gasteiger partial charge in [0.05, 0.1) is 12.7 Å². The molecular weight excluding hydrogens is 166 g/mol. The van der Waals surface area contributed by atoms with Gasteiger partial charge in [-0.2, -0.15) is 0 Å². The number of nitrogens with zero attached hydrogens (tertiary/aromatic N) is 1. The van der Waals surface area contributed by atoms with Gasteiger partial charge in [-0.25, -0.2) is 4.79 Å². The molecule has 0 bridgehead atoms. The summed E-state index contributed by atoms with van der Waals surface area (Å²) >= 11 is 0. The fourth-order valence-electron chi connectivity index (χ4n) is 1.03. The summed E-state index contributed by atoms with van der Waals surface area (Å²) in [6.45, 7) is 5.47. The molecule has 1 rings (SSSR count). The molecule has 0 aliphatic carbocycles. The zero-order chi connectivity index (χ0) is 9.84. The third kappa shape index (κ3) is 1.93. The molecule has 0 aliphatic heterocycles. The van der Waals surface area contributed by atoms with Crippen molar-refractivity contribution in [2.45, 2.75) is 6.92 Å². The van der Waals surface area contributed by atoms with Crippen molar-refractivity contribution in [2.75, 3.05) is 7.11 Å². The second-order valence-electron chi connectivity index (χ2n) is 2.61. The van der Waals surface area contributed by atoms with Crippen LogP contribution in [-0.2, 0) is 4.74 Å². The van der Waals surface area contributed by atoms with E-state index >= 15 is 0 Å². The molecule has 1 aromatic heterocycles. The predicted molar refractivity (Wildman–Crippen MR) is 50.4 cm³/mol. The quantitative estimate of drug-likeness (QED) is 0.647. The first kappa shape index (κ1) is 9.45. The van der Waals surface area contributed by atoms with Crippen LogP contribution in [0, 0.1) is 6.92 Å². The Bertz CT molecular complexity index is 345. The normalized spacial score (nSPS) is 9.38. The minimum absolute atomic E-state index is 0.387. The number of esters is 1. The number of methoxy groups -OCH3 is 1. The van der Waals surface area contributed by atoms with Gasteiger partial charge in [-0.1, -0.05) is 12.7 Å². The highest BCUT2D eigenvalue weighted by Gasteiger charge is 2.09. The maximum atomic E-state index is 11.2. The number of hydrogen-bond donors (Lipinski definition) is 0. The monoisotopic (exact) mass is 177 g/mol. The highest BCUT2D eigenvalue weighted by atomic mass is 16.5. The molecule has 0 amide bonds. The van der Waals surface area contributed by atoms with Gasteiger partial charge in [-0.3, -0.25) is 4.98 Å². The average molecular weight is 177 g/mol. The minimum atomic E-state index is -0.387. The summed E-state index contributed by atoms with van der Waals surface area (Å²) in [7, 11) is 1.34. The fraction of sp³-hybridized carbons (Fsp3) is 0.200. The molecule has 1 heterocycles. The highest BCUT2D eigenvalue weighted by Crippen LogP contribution is 2.11. The molecule has 0 spiro atoms. The van der Waals surface area contributed by atoms with Crippen molar-refractivity contribution in [3.8, 4) is 0 Å². The van der Waals surface area contributed by atoms with E-state index in [1.807, 2.05) is 6.92 Å². The summed E-state index contributed by atoms with van der Waals surface area (Å²) in [5.41, 5.74) is 2.05. The SMILES string of the molecule is C=Cc1cc(C)ncc1C(=O)OC. The molecule has 1 aromatic rings. The van der Waals surface area contributed by atoms with Gasteiger partial charge in [0.1, 0.15) is 0 Å². The number of rotatable bonds is 2. The van der Waals surface area contributed by atoms with Crippen LogP contribution in [0.4, 0.5) is 0 Å². The zero-order valence-electron chi connectivity index (χ0n) is 7.70. The van der Waals surface area contributed by atoms with Crippen molar-refractivity contribution in [3.05, 3.63) is 35.7 Å². The third-order valence-corrected chi connectivity index (χ3v) is 1.70. The lowest BCUT2D eigenvalue weighted by atomic mass is 10.1. The lowest BCUT2D eigenvalue weighted by molar-refractivity contribution is 0.0600. The zero-order valence-corrected chi connectivity index (χ0v) is 7.70. The summed E-state index contributed by atoms with van der Waals surface area (Å²) in [6, 6.07) is 1.79. The van der Waals surface area contributed by atoms with Crippen molar-refractivity contribution in [1.82, 2.24) is 4.98 Å². The lowest BCUT2D eigenvalue weighted by Crippen LogP contribution is -2.04. The maximum Gasteiger partial charge on any atom is 0.340 e. The molecule has 0 atom stereocenters. The van der Waals surface area contributed by atoms with Gasteiger partial charge < -0.3 is 4.74 Å². The van der Waals surface area contributed by atoms with E-state index in [-0.39, 0.29) is 5.97 Å². The van der Waals surface area contributed by atoms with Crippen molar-refractivity contribution in [3.63, 3.8) is 0 Å². The molecule has 0 fully saturated rings. The summed E-state index contributed by atoms with van der Waals surface area (Å²) in [5.74, 6) is -0.387. The Hall–Kier alpha value is -1.64. The Morgan fingerprint density at radius 3 is 2.92 bits per heavy atom. The van der Waals surface area contributed by atoms with E-state index in [2.05, 4.69) is 16.3 Å². The first-order valence-corrected chi connectivity index (χ1v) is 3.86. The van der Waals surface area contributed by atoms with Crippen LogP contribution in [0.5, 0.6) is 0 Å². The molecule has 0 unspecified atom stereocenters. The van der Waals surface area contributed by atoms with Crippen LogP contribution in [0.2, 0.25) is 0 Å². The van der Waals surface area contributed by atoms with Gasteiger partial charge >= 0.3 is 5.97 Å². The number of pyridine rings is 1. The smallest absolute Gasteiger partial charge is 0.340 e. The van der Waals surface area contributed by atoms with Crippen molar-refractivity contribution < 1.29 is 9.53 Å². The average Bonchev–Trinajstić information content (AvgIpc) is 2.16. The molecule has 68 valence electrons. The highest BCUT2D eigenvalue weighted by molar-refractivity contribution is 5.93. The molecule has 3 nitrogen and oxygen atoms in total. The minimum Gasteiger partial charge on any atom is -0.465 e. The van der Waals surface area contributed by atoms with E-state index in [0.29, 0.717) is 5.56 Å². The largest absolute Gasteiger partial charge is 0.465 e. The number of hydrogen-bond acceptors (Lipinski definition) is 3. The molecule has 0 N–H and O–H groups in total. The fourth-order valence-corrected chi connectivity index (χ4v) is 1.03. The van der Waals surface area contributed by atoms with E-state index in [9.17, 15) is 4.79 Å². The Morgan fingerprint density at radius 2 is 2.38 bits per heavy atom. The van der Waals surface area contributed by atoms with Crippen molar-refractivity contribution in [1.29, 1.82) is 0 Å². The maximum absolute atomic E-state index is 11.2. The standard InChI is InChI=1S/C10H11NO2/c1-4-8-5-7(2)11-6-9(8)10(12)13-3/h4-6H,1H2,2-3H3. The summed E-state index contributed by atoms with van der Waals surface area (Å²) < 4.78 is 4.59. The summed E-state index contributed by atoms with van der Waals surface area (Å²) in [6.07, 6.45) is 3.11. The third-order valence-electron chi connectivity index (χ3n) is 1.70. The Balaban J connectivity index is 3.20. The molecule has 0 saturated carbocycles. The summed E-state index contributed by atoms with van der Waals surface area (Å²) in [4.78, 5) is 15.2. The molecular formula is C10H11NO2. The van der Waals surface area contributed by atoms with Crippen LogP contribution in [0.15, 0.2) is 18.8 Å². The lowest BCUT2D eigenvalue weighted by Gasteiger charge is -2.03. The van der Waals surface area contributed by atoms with Crippen LogP contribution in [-0.4, -0.2) is 18.1 Å². The number of ether oxygens (including phenoxy) is 1. The second-order valence-corrected chi connectivity index (χ2v) is 2.61. The number of aryl methyl sites for hydroxylation is 1. The molecule has 13 heavy (non-hydrogen) atoms. The first-order chi connectivity index (χ1) is 6.19. The van der Waals surface area contributed by atoms with E-state index in [1.54, 1.807) is 12.1 Å². The van der Waals surface area contributed by atoms with Gasteiger partial charge in [0, 0.05) is 11.9 Å². The van der Waals surface area contributed by atoms with E-state index in [4.69, 9.17) is 0 Å². The molecule has 0 aromatic carbocycles. The predicted octanol–water partition coefficient (Wildman–Crippen LogP) is 1.82. The van der Waals surface area contributed by atoms with Crippen LogP contribution in [0.25, 0.3) is 6.08 Å². The van der Waals surface area contributed by atoms with Gasteiger partial charge in [-0.05, 0) is 18.6 Å². The molecule has 0 saturated heterocycles. The van der Waals surface area contributed by atoms with Gasteiger partial charge in [0.2, 0.25) is 0 Å². The Kier molecular flexibility index (Phi) is 2.80. The van der Waals surface area contributed by atoms with Gasteiger partial charge in [-0.15, -0.1) is 0 Å². The topological polar surface area (TPSA) is 39.2 Å². The van der Waals surface area contributed by atoms with E-state index in [0.717, 1.165) is 11.3 Å². The van der Waals surface area contributed by atoms with Crippen molar-refractivity contribution in [2.24, 2.45) is 0 Å².